The highest BCUT2D eigenvalue weighted by Crippen LogP contribution is 2.50. The first-order chi connectivity index (χ1) is 18.5. The molecule has 0 amide bonds. The second kappa shape index (κ2) is 10.5. The molecule has 3 N–H and O–H groups in total. The fourth-order valence-corrected chi connectivity index (χ4v) is 4.19. The van der Waals surface area contributed by atoms with Gasteiger partial charge in [0.1, 0.15) is 23.8 Å². The number of methoxy groups -OCH3 is 2. The minimum Gasteiger partial charge on any atom is -0.508 e. The van der Waals surface area contributed by atoms with Crippen molar-refractivity contribution in [3.63, 3.8) is 0 Å². The van der Waals surface area contributed by atoms with Crippen LogP contribution in [0.2, 0.25) is 0 Å². The number of aromatic hydroxyl groups is 3. The van der Waals surface area contributed by atoms with Crippen molar-refractivity contribution in [1.82, 2.24) is 5.16 Å². The molecule has 4 aromatic carbocycles. The first-order valence-electron chi connectivity index (χ1n) is 11.7. The van der Waals surface area contributed by atoms with Gasteiger partial charge in [-0.15, -0.1) is 0 Å². The number of hydrogen-bond donors (Lipinski definition) is 3. The van der Waals surface area contributed by atoms with Gasteiger partial charge in [-0.1, -0.05) is 53.7 Å². The highest BCUT2D eigenvalue weighted by Gasteiger charge is 2.22. The second-order valence-corrected chi connectivity index (χ2v) is 8.45. The first kappa shape index (κ1) is 24.6. The van der Waals surface area contributed by atoms with Gasteiger partial charge in [-0.3, -0.25) is 0 Å². The molecule has 38 heavy (non-hydrogen) atoms. The minimum atomic E-state index is -0.154. The summed E-state index contributed by atoms with van der Waals surface area (Å²) in [5.41, 5.74) is 3.61. The summed E-state index contributed by atoms with van der Waals surface area (Å²) >= 11 is 0. The van der Waals surface area contributed by atoms with Gasteiger partial charge in [0.15, 0.2) is 28.8 Å². The molecule has 0 spiro atoms. The molecular formula is C30H25NO7. The second-order valence-electron chi connectivity index (χ2n) is 8.45. The van der Waals surface area contributed by atoms with Crippen LogP contribution >= 0.6 is 0 Å². The van der Waals surface area contributed by atoms with Gasteiger partial charge >= 0.3 is 0 Å². The molecule has 5 rings (SSSR count). The average Bonchev–Trinajstić information content (AvgIpc) is 3.42. The molecule has 8 nitrogen and oxygen atoms in total. The fourth-order valence-electron chi connectivity index (χ4n) is 4.19. The Kier molecular flexibility index (Phi) is 6.78. The normalized spacial score (nSPS) is 10.8. The van der Waals surface area contributed by atoms with E-state index in [1.807, 2.05) is 30.3 Å². The van der Waals surface area contributed by atoms with Crippen LogP contribution in [0.1, 0.15) is 5.69 Å². The van der Waals surface area contributed by atoms with Crippen LogP contribution in [0.15, 0.2) is 89.5 Å². The van der Waals surface area contributed by atoms with Crippen LogP contribution in [0.4, 0.5) is 0 Å². The molecule has 0 saturated heterocycles. The molecule has 1 heterocycles. The standard InChI is InChI=1S/C30H25NO7/c1-35-27-16-23(18-8-11-22(32)12-9-18)30(36-2)29(34)28(27)20-10-13-25(24(33)14-20)37-17-21-15-26(38-31-21)19-6-4-3-5-7-19/h3-16,32-34H,17H2,1-2H3. The Morgan fingerprint density at radius 2 is 1.47 bits per heavy atom. The van der Waals surface area contributed by atoms with Crippen LogP contribution in [0, 0.1) is 0 Å². The molecule has 0 atom stereocenters. The average molecular weight is 512 g/mol. The van der Waals surface area contributed by atoms with Crippen LogP contribution in [0.5, 0.6) is 34.5 Å². The Morgan fingerprint density at radius 3 is 2.16 bits per heavy atom. The van der Waals surface area contributed by atoms with Crippen LogP contribution in [-0.4, -0.2) is 34.7 Å². The van der Waals surface area contributed by atoms with Crippen molar-refractivity contribution in [3.8, 4) is 68.1 Å². The van der Waals surface area contributed by atoms with E-state index < -0.39 is 0 Å². The lowest BCUT2D eigenvalue weighted by atomic mass is 9.96. The van der Waals surface area contributed by atoms with Gasteiger partial charge in [-0.25, -0.2) is 0 Å². The zero-order valence-electron chi connectivity index (χ0n) is 20.7. The third-order valence-corrected chi connectivity index (χ3v) is 6.06. The summed E-state index contributed by atoms with van der Waals surface area (Å²) in [6, 6.07) is 24.4. The van der Waals surface area contributed by atoms with E-state index in [1.165, 1.54) is 20.3 Å². The van der Waals surface area contributed by atoms with Crippen LogP contribution in [0.25, 0.3) is 33.6 Å². The lowest BCUT2D eigenvalue weighted by Gasteiger charge is -2.18. The highest BCUT2D eigenvalue weighted by molar-refractivity contribution is 5.88. The smallest absolute Gasteiger partial charge is 0.170 e. The maximum Gasteiger partial charge on any atom is 0.170 e. The summed E-state index contributed by atoms with van der Waals surface area (Å²) in [7, 11) is 2.95. The van der Waals surface area contributed by atoms with Crippen molar-refractivity contribution < 1.29 is 34.1 Å². The minimum absolute atomic E-state index is 0.0902. The highest BCUT2D eigenvalue weighted by atomic mass is 16.5. The van der Waals surface area contributed by atoms with E-state index in [4.69, 9.17) is 18.7 Å². The van der Waals surface area contributed by atoms with Gasteiger partial charge in [0.25, 0.3) is 0 Å². The third kappa shape index (κ3) is 4.79. The molecule has 0 saturated carbocycles. The Balaban J connectivity index is 1.42. The molecule has 1 aromatic heterocycles. The molecule has 0 aliphatic heterocycles. The molecular weight excluding hydrogens is 486 g/mol. The zero-order valence-corrected chi connectivity index (χ0v) is 20.7. The molecule has 0 radical (unpaired) electrons. The van der Waals surface area contributed by atoms with Crippen molar-refractivity contribution in [3.05, 3.63) is 90.6 Å². The summed E-state index contributed by atoms with van der Waals surface area (Å²) < 4.78 is 22.3. The Labute approximate surface area is 218 Å². The predicted molar refractivity (Wildman–Crippen MR) is 142 cm³/mol. The van der Waals surface area contributed by atoms with Gasteiger partial charge in [0, 0.05) is 17.2 Å². The predicted octanol–water partition coefficient (Wildman–Crippen LogP) is 6.39. The van der Waals surface area contributed by atoms with E-state index in [0.717, 1.165) is 11.1 Å². The van der Waals surface area contributed by atoms with Gasteiger partial charge in [0.2, 0.25) is 0 Å². The van der Waals surface area contributed by atoms with E-state index in [0.29, 0.717) is 33.9 Å². The molecule has 5 aromatic rings. The van der Waals surface area contributed by atoms with E-state index in [2.05, 4.69) is 5.16 Å². The van der Waals surface area contributed by atoms with Crippen molar-refractivity contribution in [2.45, 2.75) is 6.61 Å². The SMILES string of the molecule is COc1cc(-c2ccc(O)cc2)c(OC)c(O)c1-c1ccc(OCc2cc(-c3ccccc3)on2)c(O)c1. The topological polar surface area (TPSA) is 114 Å². The number of benzene rings is 4. The van der Waals surface area contributed by atoms with Gasteiger partial charge < -0.3 is 34.1 Å². The van der Waals surface area contributed by atoms with Crippen LogP contribution in [0.3, 0.4) is 0 Å². The van der Waals surface area contributed by atoms with Crippen molar-refractivity contribution in [1.29, 1.82) is 0 Å². The largest absolute Gasteiger partial charge is 0.508 e. The number of hydrogen-bond acceptors (Lipinski definition) is 8. The van der Waals surface area contributed by atoms with Gasteiger partial charge in [-0.2, -0.15) is 0 Å². The number of ether oxygens (including phenoxy) is 3. The first-order valence-corrected chi connectivity index (χ1v) is 11.7. The van der Waals surface area contributed by atoms with Crippen LogP contribution < -0.4 is 14.2 Å². The molecule has 0 fully saturated rings. The molecule has 0 aliphatic rings. The monoisotopic (exact) mass is 511 g/mol. The number of phenolic OH excluding ortho intramolecular Hbond substituents is 3. The summed E-state index contributed by atoms with van der Waals surface area (Å²) in [5.74, 6) is 1.30. The summed E-state index contributed by atoms with van der Waals surface area (Å²) in [5, 5.41) is 35.5. The van der Waals surface area contributed by atoms with Crippen molar-refractivity contribution in [2.24, 2.45) is 0 Å². The van der Waals surface area contributed by atoms with Gasteiger partial charge in [-0.05, 0) is 41.5 Å². The number of rotatable bonds is 8. The van der Waals surface area contributed by atoms with Gasteiger partial charge in [0.05, 0.1) is 19.8 Å². The summed E-state index contributed by atoms with van der Waals surface area (Å²) in [6.45, 7) is 0.0902. The number of aromatic nitrogens is 1. The number of nitrogens with zero attached hydrogens (tertiary/aromatic N) is 1. The number of phenols is 3. The summed E-state index contributed by atoms with van der Waals surface area (Å²) in [4.78, 5) is 0. The maximum absolute atomic E-state index is 11.2. The Hall–Kier alpha value is -5.11. The molecule has 0 bridgehead atoms. The molecule has 0 unspecified atom stereocenters. The molecule has 8 heteroatoms. The quantitative estimate of drug-likeness (QED) is 0.220. The molecule has 0 aliphatic carbocycles. The Bertz CT molecular complexity index is 1560. The molecule has 192 valence electrons. The fraction of sp³-hybridized carbons (Fsp3) is 0.100. The van der Waals surface area contributed by atoms with E-state index >= 15 is 0 Å². The van der Waals surface area contributed by atoms with Crippen LogP contribution in [-0.2, 0) is 6.61 Å². The lowest BCUT2D eigenvalue weighted by molar-refractivity contribution is 0.276. The summed E-state index contributed by atoms with van der Waals surface area (Å²) in [6.07, 6.45) is 0. The zero-order chi connectivity index (χ0) is 26.6. The Morgan fingerprint density at radius 1 is 0.737 bits per heavy atom. The van der Waals surface area contributed by atoms with E-state index in [-0.39, 0.29) is 35.4 Å². The maximum atomic E-state index is 11.2. The van der Waals surface area contributed by atoms with Crippen molar-refractivity contribution in [2.75, 3.05) is 14.2 Å². The van der Waals surface area contributed by atoms with Crippen molar-refractivity contribution >= 4 is 0 Å². The van der Waals surface area contributed by atoms with E-state index in [9.17, 15) is 15.3 Å². The third-order valence-electron chi connectivity index (χ3n) is 6.06. The van der Waals surface area contributed by atoms with E-state index in [1.54, 1.807) is 48.5 Å². The lowest BCUT2D eigenvalue weighted by Crippen LogP contribution is -1.97.